The molecule has 4 rings (SSSR count). The fraction of sp³-hybridized carbons (Fsp3) is 0.160. The fourth-order valence-corrected chi connectivity index (χ4v) is 3.62. The van der Waals surface area contributed by atoms with Crippen LogP contribution in [0.2, 0.25) is 0 Å². The molecule has 3 aromatic carbocycles. The smallest absolute Gasteiger partial charge is 0.275 e. The van der Waals surface area contributed by atoms with Crippen LogP contribution in [-0.2, 0) is 11.3 Å². The fourth-order valence-electron chi connectivity index (χ4n) is 3.62. The van der Waals surface area contributed by atoms with E-state index in [2.05, 4.69) is 10.4 Å². The molecule has 0 aliphatic carbocycles. The third-order valence-corrected chi connectivity index (χ3v) is 5.19. The van der Waals surface area contributed by atoms with Crippen LogP contribution in [0.25, 0.3) is 10.8 Å². The van der Waals surface area contributed by atoms with E-state index in [1.165, 1.54) is 4.68 Å². The van der Waals surface area contributed by atoms with E-state index in [-0.39, 0.29) is 24.1 Å². The lowest BCUT2D eigenvalue weighted by molar-refractivity contribution is -0.122. The average molecular weight is 397 g/mol. The molecule has 1 N–H and O–H groups in total. The van der Waals surface area contributed by atoms with E-state index in [1.807, 2.05) is 86.6 Å². The van der Waals surface area contributed by atoms with Crippen molar-refractivity contribution in [2.45, 2.75) is 26.4 Å². The van der Waals surface area contributed by atoms with Gasteiger partial charge in [0.05, 0.1) is 17.1 Å². The van der Waals surface area contributed by atoms with Gasteiger partial charge >= 0.3 is 0 Å². The Hall–Kier alpha value is -3.73. The molecule has 0 saturated carbocycles. The molecule has 5 nitrogen and oxygen atoms in total. The lowest BCUT2D eigenvalue weighted by atomic mass is 9.98. The van der Waals surface area contributed by atoms with E-state index in [0.29, 0.717) is 5.39 Å². The quantitative estimate of drug-likeness (QED) is 0.555. The van der Waals surface area contributed by atoms with E-state index in [0.717, 1.165) is 27.8 Å². The SMILES string of the molecule is Cc1ccc(C(NC(=O)Cn2nc(C)c3ccccc3c2=O)c2ccccc2)cc1. The van der Waals surface area contributed by atoms with Crippen LogP contribution < -0.4 is 10.9 Å². The zero-order chi connectivity index (χ0) is 21.1. The molecule has 5 heteroatoms. The normalized spacial score (nSPS) is 11.9. The Morgan fingerprint density at radius 1 is 0.867 bits per heavy atom. The van der Waals surface area contributed by atoms with Gasteiger partial charge in [-0.15, -0.1) is 0 Å². The van der Waals surface area contributed by atoms with Crippen molar-refractivity contribution in [1.29, 1.82) is 0 Å². The van der Waals surface area contributed by atoms with Gasteiger partial charge in [0.1, 0.15) is 6.54 Å². The lowest BCUT2D eigenvalue weighted by Gasteiger charge is -2.20. The molecule has 0 spiro atoms. The third kappa shape index (κ3) is 4.01. The molecule has 4 aromatic rings. The molecule has 0 radical (unpaired) electrons. The van der Waals surface area contributed by atoms with Gasteiger partial charge in [-0.3, -0.25) is 9.59 Å². The van der Waals surface area contributed by atoms with Gasteiger partial charge < -0.3 is 5.32 Å². The van der Waals surface area contributed by atoms with E-state index in [1.54, 1.807) is 6.07 Å². The van der Waals surface area contributed by atoms with Crippen molar-refractivity contribution < 1.29 is 4.79 Å². The molecular weight excluding hydrogens is 374 g/mol. The van der Waals surface area contributed by atoms with Crippen molar-refractivity contribution in [3.63, 3.8) is 0 Å². The van der Waals surface area contributed by atoms with Gasteiger partial charge in [0.25, 0.3) is 5.56 Å². The van der Waals surface area contributed by atoms with Gasteiger partial charge in [-0.05, 0) is 31.0 Å². The van der Waals surface area contributed by atoms with Crippen LogP contribution in [0.1, 0.15) is 28.4 Å². The van der Waals surface area contributed by atoms with E-state index < -0.39 is 0 Å². The Bertz CT molecular complexity index is 1250. The molecule has 0 aliphatic rings. The summed E-state index contributed by atoms with van der Waals surface area (Å²) in [4.78, 5) is 25.7. The second kappa shape index (κ2) is 8.33. The molecule has 30 heavy (non-hydrogen) atoms. The summed E-state index contributed by atoms with van der Waals surface area (Å²) in [5.41, 5.74) is 3.56. The summed E-state index contributed by atoms with van der Waals surface area (Å²) in [7, 11) is 0. The number of hydrogen-bond acceptors (Lipinski definition) is 3. The predicted molar refractivity (Wildman–Crippen MR) is 118 cm³/mol. The highest BCUT2D eigenvalue weighted by molar-refractivity contribution is 5.83. The minimum atomic E-state index is -0.309. The summed E-state index contributed by atoms with van der Waals surface area (Å²) in [6.07, 6.45) is 0. The highest BCUT2D eigenvalue weighted by Crippen LogP contribution is 2.22. The topological polar surface area (TPSA) is 64.0 Å². The van der Waals surface area contributed by atoms with Crippen LogP contribution in [0.3, 0.4) is 0 Å². The molecular formula is C25H23N3O2. The number of carbonyl (C=O) groups is 1. The summed E-state index contributed by atoms with van der Waals surface area (Å²) in [5.74, 6) is -0.270. The van der Waals surface area contributed by atoms with Gasteiger partial charge in [-0.1, -0.05) is 78.4 Å². The van der Waals surface area contributed by atoms with Crippen molar-refractivity contribution in [2.24, 2.45) is 0 Å². The number of hydrogen-bond donors (Lipinski definition) is 1. The molecule has 1 aromatic heterocycles. The first kappa shape index (κ1) is 19.6. The first-order valence-electron chi connectivity index (χ1n) is 9.90. The van der Waals surface area contributed by atoms with Crippen LogP contribution in [0.4, 0.5) is 0 Å². The number of aryl methyl sites for hydroxylation is 2. The van der Waals surface area contributed by atoms with Crippen molar-refractivity contribution in [3.8, 4) is 0 Å². The Kier molecular flexibility index (Phi) is 5.44. The summed E-state index contributed by atoms with van der Waals surface area (Å²) in [6.45, 7) is 3.73. The number of carbonyl (C=O) groups excluding carboxylic acids is 1. The minimum absolute atomic E-state index is 0.139. The average Bonchev–Trinajstić information content (AvgIpc) is 2.77. The maximum Gasteiger partial charge on any atom is 0.275 e. The number of rotatable bonds is 5. The first-order valence-corrected chi connectivity index (χ1v) is 9.90. The first-order chi connectivity index (χ1) is 14.5. The molecule has 0 bridgehead atoms. The maximum absolute atomic E-state index is 12.9. The number of aromatic nitrogens is 2. The number of fused-ring (bicyclic) bond motifs is 1. The lowest BCUT2D eigenvalue weighted by Crippen LogP contribution is -2.36. The zero-order valence-electron chi connectivity index (χ0n) is 17.0. The van der Waals surface area contributed by atoms with Crippen molar-refractivity contribution in [3.05, 3.63) is 112 Å². The Balaban J connectivity index is 1.64. The summed E-state index contributed by atoms with van der Waals surface area (Å²) in [6, 6.07) is 24.9. The number of amides is 1. The van der Waals surface area contributed by atoms with Gasteiger partial charge in [0.2, 0.25) is 5.91 Å². The monoisotopic (exact) mass is 397 g/mol. The van der Waals surface area contributed by atoms with Crippen LogP contribution in [0.15, 0.2) is 83.7 Å². The maximum atomic E-state index is 12.9. The van der Waals surface area contributed by atoms with Crippen LogP contribution >= 0.6 is 0 Å². The number of benzene rings is 3. The molecule has 1 amide bonds. The zero-order valence-corrected chi connectivity index (χ0v) is 17.0. The van der Waals surface area contributed by atoms with E-state index in [9.17, 15) is 9.59 Å². The molecule has 150 valence electrons. The van der Waals surface area contributed by atoms with Crippen molar-refractivity contribution in [1.82, 2.24) is 15.1 Å². The van der Waals surface area contributed by atoms with Gasteiger partial charge in [0, 0.05) is 5.39 Å². The molecule has 1 atom stereocenters. The van der Waals surface area contributed by atoms with E-state index in [4.69, 9.17) is 0 Å². The summed E-state index contributed by atoms with van der Waals surface area (Å²) >= 11 is 0. The summed E-state index contributed by atoms with van der Waals surface area (Å²) in [5, 5.41) is 8.79. The molecule has 0 saturated heterocycles. The second-order valence-corrected chi connectivity index (χ2v) is 7.42. The van der Waals surface area contributed by atoms with Gasteiger partial charge in [-0.25, -0.2) is 4.68 Å². The number of nitrogens with zero attached hydrogens (tertiary/aromatic N) is 2. The minimum Gasteiger partial charge on any atom is -0.344 e. The highest BCUT2D eigenvalue weighted by atomic mass is 16.2. The van der Waals surface area contributed by atoms with Crippen LogP contribution in [0, 0.1) is 13.8 Å². The molecule has 0 aliphatic heterocycles. The standard InChI is InChI=1S/C25H23N3O2/c1-17-12-14-20(15-13-17)24(19-8-4-3-5-9-19)26-23(29)16-28-25(30)22-11-7-6-10-21(22)18(2)27-28/h3-15,24H,16H2,1-2H3,(H,26,29). The Morgan fingerprint density at radius 2 is 1.47 bits per heavy atom. The summed E-state index contributed by atoms with van der Waals surface area (Å²) < 4.78 is 1.24. The Labute approximate surface area is 175 Å². The Morgan fingerprint density at radius 3 is 2.17 bits per heavy atom. The third-order valence-electron chi connectivity index (χ3n) is 5.19. The molecule has 1 heterocycles. The largest absolute Gasteiger partial charge is 0.344 e. The van der Waals surface area contributed by atoms with Crippen LogP contribution in [-0.4, -0.2) is 15.7 Å². The van der Waals surface area contributed by atoms with Gasteiger partial charge in [-0.2, -0.15) is 5.10 Å². The predicted octanol–water partition coefficient (Wildman–Crippen LogP) is 3.92. The highest BCUT2D eigenvalue weighted by Gasteiger charge is 2.18. The van der Waals surface area contributed by atoms with E-state index >= 15 is 0 Å². The number of nitrogens with one attached hydrogen (secondary N) is 1. The molecule has 1 unspecified atom stereocenters. The van der Waals surface area contributed by atoms with Crippen molar-refractivity contribution in [2.75, 3.05) is 0 Å². The second-order valence-electron chi connectivity index (χ2n) is 7.42. The molecule has 0 fully saturated rings. The van der Waals surface area contributed by atoms with Crippen molar-refractivity contribution >= 4 is 16.7 Å². The van der Waals surface area contributed by atoms with Gasteiger partial charge in [0.15, 0.2) is 0 Å². The van der Waals surface area contributed by atoms with Crippen LogP contribution in [0.5, 0.6) is 0 Å².